The maximum absolute atomic E-state index is 5.00. The van der Waals surface area contributed by atoms with Crippen molar-refractivity contribution >= 4 is 0 Å². The van der Waals surface area contributed by atoms with Crippen LogP contribution in [0.1, 0.15) is 88.4 Å². The molecule has 0 heteroatoms. The Morgan fingerprint density at radius 3 is 0.778 bits per heavy atom. The third-order valence-corrected chi connectivity index (χ3v) is 2.00. The van der Waals surface area contributed by atoms with E-state index in [1.807, 2.05) is 0 Å². The molecule has 2 saturated carbocycles. The van der Waals surface area contributed by atoms with Crippen LogP contribution in [0.4, 0.5) is 0 Å². The molecule has 0 saturated heterocycles. The molecule has 0 bridgehead atoms. The van der Waals surface area contributed by atoms with Crippen LogP contribution in [0, 0.1) is 0 Å². The lowest BCUT2D eigenvalue weighted by atomic mass is 10.0. The first-order chi connectivity index (χ1) is 13.0. The molecule has 2 aliphatic rings. The largest absolute Gasteiger partial charge is 0.0776 e. The molecule has 0 heterocycles. The van der Waals surface area contributed by atoms with Crippen molar-refractivity contribution in [2.75, 3.05) is 0 Å². The number of rotatable bonds is 0. The number of hydrogen-bond acceptors (Lipinski definition) is 0. The van der Waals surface area contributed by atoms with Gasteiger partial charge in [-0.05, 0) is 0 Å². The number of hydrogen-bond donors (Lipinski definition) is 0. The fourth-order valence-electron chi connectivity index (χ4n) is 0.500. The van der Waals surface area contributed by atoms with Gasteiger partial charge in [-0.15, -0.1) is 0 Å². The van der Waals surface area contributed by atoms with Gasteiger partial charge in [-0.1, -0.05) is 58.8 Å². The maximum Gasteiger partial charge on any atom is 0 e. The van der Waals surface area contributed by atoms with E-state index in [1.165, 1.54) is 51.4 Å². The fourth-order valence-corrected chi connectivity index (χ4v) is 0.500. The van der Waals surface area contributed by atoms with Gasteiger partial charge in [-0.25, -0.2) is 0 Å². The highest BCUT2D eigenvalue weighted by Crippen LogP contribution is 2.15. The van der Waals surface area contributed by atoms with Gasteiger partial charge < -0.3 is 0 Å². The quantitative estimate of drug-likeness (QED) is 0.410. The average molecular weight is 190 g/mol. The summed E-state index contributed by atoms with van der Waals surface area (Å²) in [7, 11) is 0. The average Bonchev–Trinajstić information content (AvgIpc) is 2.73. The lowest BCUT2D eigenvalue weighted by Crippen LogP contribution is -1.85. The van der Waals surface area contributed by atoms with Gasteiger partial charge >= 0.3 is 0 Å². The predicted molar refractivity (Wildman–Crippen MR) is 66.9 cm³/mol. The molecule has 0 aromatic carbocycles. The Bertz CT molecular complexity index is 49.9. The highest BCUT2D eigenvalue weighted by atomic mass is 14.0. The smallest absolute Gasteiger partial charge is 0 e. The van der Waals surface area contributed by atoms with Gasteiger partial charge in [-0.3, -0.25) is 0 Å². The topological polar surface area (TPSA) is 0 Å². The molecule has 0 aromatic heterocycles. The molecular formula is C9H42. The fraction of sp³-hybridized carbons (Fsp3) is 1.00. The van der Waals surface area contributed by atoms with E-state index in [2.05, 4.69) is 0 Å². The van der Waals surface area contributed by atoms with Gasteiger partial charge in [0.2, 0.25) is 0 Å². The molecule has 78 valence electrons. The van der Waals surface area contributed by atoms with E-state index >= 15 is 0 Å². The third-order valence-electron chi connectivity index (χ3n) is 2.00. The summed E-state index contributed by atoms with van der Waals surface area (Å²) in [6.07, 6.45) is 12.0. The Hall–Kier alpha value is 0. The van der Waals surface area contributed by atoms with E-state index in [-0.39, 0.29) is 10.3 Å². The maximum atomic E-state index is 5.00. The zero-order chi connectivity index (χ0) is 23.7. The van der Waals surface area contributed by atoms with Crippen molar-refractivity contribution in [3.63, 3.8) is 0 Å². The summed E-state index contributed by atoms with van der Waals surface area (Å²) in [5.74, 6) is 0. The predicted octanol–water partition coefficient (Wildman–Crippen LogP) is 6.46. The van der Waals surface area contributed by atoms with Gasteiger partial charge in [0.05, 0.1) is 0 Å². The zero-order valence-corrected chi connectivity index (χ0v) is 5.66. The van der Waals surface area contributed by atoms with Gasteiger partial charge in [0.15, 0.2) is 0 Å². The highest BCUT2D eigenvalue weighted by molar-refractivity contribution is 4.51. The minimum Gasteiger partial charge on any atom is -0.0776 e. The van der Waals surface area contributed by atoms with E-state index in [0.29, 0.717) is 0 Å². The Morgan fingerprint density at radius 1 is 0.667 bits per heavy atom. The molecule has 0 aromatic rings. The molecule has 0 unspecified atom stereocenters. The molecule has 2 fully saturated rings. The zero-order valence-electron chi connectivity index (χ0n) is 23.7. The molecule has 0 spiro atoms. The SMILES string of the molecule is C.C1CCC1.C1CCC1.[2HH].[3HH].[3H][3H].[3H][3H].[3H][3H].[3H][3H].[3H][3H].[3H][3H].[3H][3H].[3H][3H].[3H][3H]. The first-order valence-electron chi connectivity index (χ1n) is 13.0. The summed E-state index contributed by atoms with van der Waals surface area (Å²) < 4.78 is 90.0. The van der Waals surface area contributed by atoms with E-state index in [9.17, 15) is 0 Å². The van der Waals surface area contributed by atoms with Crippen LogP contribution in [-0.4, -0.2) is 0 Å². The minimum absolute atomic E-state index is 0. The second-order valence-electron chi connectivity index (χ2n) is 2.83. The van der Waals surface area contributed by atoms with Crippen molar-refractivity contribution in [1.82, 2.24) is 0 Å². The van der Waals surface area contributed by atoms with E-state index in [0.717, 1.165) is 0 Å². The summed E-state index contributed by atoms with van der Waals surface area (Å²) in [6, 6.07) is 0. The second-order valence-corrected chi connectivity index (χ2v) is 2.83. The molecule has 0 aliphatic heterocycles. The molecule has 2 aliphatic carbocycles. The summed E-state index contributed by atoms with van der Waals surface area (Å²) in [5.41, 5.74) is 0. The minimum atomic E-state index is 0. The lowest BCUT2D eigenvalue weighted by molar-refractivity contribution is 0.504. The van der Waals surface area contributed by atoms with Crippen molar-refractivity contribution in [2.45, 2.75) is 58.8 Å². The monoisotopic (exact) mass is 189 g/mol. The van der Waals surface area contributed by atoms with Crippen molar-refractivity contribution in [3.8, 4) is 0 Å². The first-order valence-corrected chi connectivity index (χ1v) is 4.00. The van der Waals surface area contributed by atoms with Crippen LogP contribution in [0.2, 0.25) is 0 Å². The Morgan fingerprint density at radius 2 is 0.778 bits per heavy atom. The van der Waals surface area contributed by atoms with E-state index in [1.54, 1.807) is 0 Å². The second kappa shape index (κ2) is 6.12. The lowest BCUT2D eigenvalue weighted by Gasteiger charge is -2.05. The van der Waals surface area contributed by atoms with Crippen LogP contribution in [0.5, 0.6) is 0 Å². The molecule has 0 radical (unpaired) electrons. The Balaban J connectivity index is -0.0000000111. The first kappa shape index (κ1) is 1.99. The molecule has 2 rings (SSSR count). The summed E-state index contributed by atoms with van der Waals surface area (Å²) >= 11 is 0. The van der Waals surface area contributed by atoms with Crippen LogP contribution in [0.3, 0.4) is 0 Å². The van der Waals surface area contributed by atoms with Crippen molar-refractivity contribution in [3.05, 3.63) is 0 Å². The molecule has 0 N–H and O–H groups in total. The van der Waals surface area contributed by atoms with Crippen molar-refractivity contribution in [1.29, 1.82) is 0 Å². The van der Waals surface area contributed by atoms with Crippen LogP contribution in [0.15, 0.2) is 0 Å². The van der Waals surface area contributed by atoms with Crippen LogP contribution in [-0.2, 0) is 0 Å². The molecule has 0 nitrogen and oxygen atoms in total. The Labute approximate surface area is 90.4 Å². The molecular weight excluding hydrogens is 108 g/mol. The molecule has 0 atom stereocenters. The normalized spacial score (nSPS) is 29.3. The molecule has 0 amide bonds. The van der Waals surface area contributed by atoms with Crippen LogP contribution in [0.25, 0.3) is 0 Å². The molecule has 9 heavy (non-hydrogen) atoms. The standard InChI is InChI=1S/2C4H8.CH4.11H2/c2*1-2-4-3-1;;;;;;;;;;;;/h2*1-4H2;1H4;11*1H/i;;;9*1+2T;1+2;1+1. The van der Waals surface area contributed by atoms with Gasteiger partial charge in [0.25, 0.3) is 0 Å². The summed E-state index contributed by atoms with van der Waals surface area (Å²) in [6.45, 7) is 0. The van der Waals surface area contributed by atoms with Crippen LogP contribution >= 0.6 is 0 Å². The van der Waals surface area contributed by atoms with Gasteiger partial charge in [0, 0.05) is 29.6 Å². The Kier molecular flexibility index (Phi) is 1.36. The third kappa shape index (κ3) is 4.50. The van der Waals surface area contributed by atoms with Gasteiger partial charge in [0.1, 0.15) is 0 Å². The highest BCUT2D eigenvalue weighted by Gasteiger charge is 1.95. The van der Waals surface area contributed by atoms with Gasteiger partial charge in [-0.2, -0.15) is 0 Å². The van der Waals surface area contributed by atoms with E-state index < -0.39 is 0 Å². The summed E-state index contributed by atoms with van der Waals surface area (Å²) in [5, 5.41) is 0. The van der Waals surface area contributed by atoms with Crippen molar-refractivity contribution in [2.24, 2.45) is 0 Å². The summed E-state index contributed by atoms with van der Waals surface area (Å²) in [4.78, 5) is 0. The van der Waals surface area contributed by atoms with Crippen molar-refractivity contribution < 1.29 is 29.6 Å². The van der Waals surface area contributed by atoms with Crippen LogP contribution < -0.4 is 0 Å². The van der Waals surface area contributed by atoms with E-state index in [4.69, 9.17) is 26.7 Å².